The lowest BCUT2D eigenvalue weighted by Gasteiger charge is -2.34. The molecule has 1 aromatic heterocycles. The van der Waals surface area contributed by atoms with Crippen LogP contribution in [0, 0.1) is 0 Å². The minimum atomic E-state index is 0.550. The van der Waals surface area contributed by atoms with E-state index in [1.165, 1.54) is 36.8 Å². The SMILES string of the molecule is CC(C)N1CCC(n2ncc3cc(Br)ccc32)CC1. The largest absolute Gasteiger partial charge is 0.301 e. The van der Waals surface area contributed by atoms with E-state index in [9.17, 15) is 0 Å². The van der Waals surface area contributed by atoms with Crippen molar-refractivity contribution in [2.45, 2.75) is 38.8 Å². The summed E-state index contributed by atoms with van der Waals surface area (Å²) in [6.45, 7) is 6.92. The first kappa shape index (κ1) is 13.1. The molecule has 0 aliphatic carbocycles. The van der Waals surface area contributed by atoms with Crippen LogP contribution in [0.5, 0.6) is 0 Å². The van der Waals surface area contributed by atoms with Crippen LogP contribution in [0.2, 0.25) is 0 Å². The van der Waals surface area contributed by atoms with Gasteiger partial charge in [0.05, 0.1) is 17.8 Å². The summed E-state index contributed by atoms with van der Waals surface area (Å²) in [5.74, 6) is 0. The normalized spacial score (nSPS) is 18.5. The van der Waals surface area contributed by atoms with Crippen molar-refractivity contribution in [3.05, 3.63) is 28.9 Å². The minimum absolute atomic E-state index is 0.550. The molecule has 0 atom stereocenters. The fourth-order valence-electron chi connectivity index (χ4n) is 2.96. The maximum Gasteiger partial charge on any atom is 0.0686 e. The first-order valence-corrected chi connectivity index (χ1v) is 7.81. The summed E-state index contributed by atoms with van der Waals surface area (Å²) < 4.78 is 3.34. The highest BCUT2D eigenvalue weighted by atomic mass is 79.9. The van der Waals surface area contributed by atoms with Crippen molar-refractivity contribution in [1.29, 1.82) is 0 Å². The van der Waals surface area contributed by atoms with Crippen LogP contribution in [0.1, 0.15) is 32.7 Å². The Bertz CT molecular complexity index is 568. The van der Waals surface area contributed by atoms with Crippen molar-refractivity contribution >= 4 is 26.8 Å². The van der Waals surface area contributed by atoms with E-state index < -0.39 is 0 Å². The fourth-order valence-corrected chi connectivity index (χ4v) is 3.34. The van der Waals surface area contributed by atoms with Gasteiger partial charge in [-0.1, -0.05) is 15.9 Å². The molecule has 1 aliphatic rings. The number of hydrogen-bond acceptors (Lipinski definition) is 2. The van der Waals surface area contributed by atoms with Crippen molar-refractivity contribution in [3.63, 3.8) is 0 Å². The molecule has 2 aromatic rings. The van der Waals surface area contributed by atoms with Gasteiger partial charge in [-0.2, -0.15) is 5.10 Å². The van der Waals surface area contributed by atoms with Crippen molar-refractivity contribution in [1.82, 2.24) is 14.7 Å². The van der Waals surface area contributed by atoms with Crippen LogP contribution in [-0.2, 0) is 0 Å². The smallest absolute Gasteiger partial charge is 0.0686 e. The molecule has 1 fully saturated rings. The molecule has 0 unspecified atom stereocenters. The highest BCUT2D eigenvalue weighted by Gasteiger charge is 2.23. The van der Waals surface area contributed by atoms with E-state index in [0.29, 0.717) is 12.1 Å². The molecule has 0 N–H and O–H groups in total. The first-order chi connectivity index (χ1) is 9.15. The number of nitrogens with zero attached hydrogens (tertiary/aromatic N) is 3. The Morgan fingerprint density at radius 1 is 1.26 bits per heavy atom. The standard InChI is InChI=1S/C15H20BrN3/c1-11(2)18-7-5-14(6-8-18)19-15-4-3-13(16)9-12(15)10-17-19/h3-4,9-11,14H,5-8H2,1-2H3. The zero-order valence-electron chi connectivity index (χ0n) is 11.5. The summed E-state index contributed by atoms with van der Waals surface area (Å²) >= 11 is 3.52. The van der Waals surface area contributed by atoms with Gasteiger partial charge in [0, 0.05) is 29.0 Å². The van der Waals surface area contributed by atoms with Crippen LogP contribution in [0.15, 0.2) is 28.9 Å². The van der Waals surface area contributed by atoms with E-state index in [1.807, 2.05) is 6.20 Å². The van der Waals surface area contributed by atoms with E-state index in [2.05, 4.69) is 62.7 Å². The number of aromatic nitrogens is 2. The van der Waals surface area contributed by atoms with Gasteiger partial charge in [0.25, 0.3) is 0 Å². The van der Waals surface area contributed by atoms with Gasteiger partial charge in [0.2, 0.25) is 0 Å². The summed E-state index contributed by atoms with van der Waals surface area (Å²) in [6.07, 6.45) is 4.38. The van der Waals surface area contributed by atoms with Gasteiger partial charge >= 0.3 is 0 Å². The molecule has 3 nitrogen and oxygen atoms in total. The van der Waals surface area contributed by atoms with Crippen molar-refractivity contribution in [2.24, 2.45) is 0 Å². The summed E-state index contributed by atoms with van der Waals surface area (Å²) in [7, 11) is 0. The highest BCUT2D eigenvalue weighted by molar-refractivity contribution is 9.10. The number of hydrogen-bond donors (Lipinski definition) is 0. The van der Waals surface area contributed by atoms with Gasteiger partial charge in [0.15, 0.2) is 0 Å². The monoisotopic (exact) mass is 321 g/mol. The van der Waals surface area contributed by atoms with Crippen molar-refractivity contribution in [3.8, 4) is 0 Å². The average Bonchev–Trinajstić information content (AvgIpc) is 2.81. The number of rotatable bonds is 2. The first-order valence-electron chi connectivity index (χ1n) is 7.02. The zero-order chi connectivity index (χ0) is 13.4. The second kappa shape index (κ2) is 5.25. The van der Waals surface area contributed by atoms with Crippen LogP contribution in [0.25, 0.3) is 10.9 Å². The topological polar surface area (TPSA) is 21.1 Å². The lowest BCUT2D eigenvalue weighted by atomic mass is 10.0. The molecule has 1 aliphatic heterocycles. The second-order valence-corrected chi connectivity index (χ2v) is 6.57. The van der Waals surface area contributed by atoms with Gasteiger partial charge < -0.3 is 4.90 Å². The third-order valence-electron chi connectivity index (χ3n) is 4.13. The Morgan fingerprint density at radius 3 is 2.68 bits per heavy atom. The van der Waals surface area contributed by atoms with Crippen LogP contribution >= 0.6 is 15.9 Å². The maximum absolute atomic E-state index is 4.61. The number of piperidine rings is 1. The average molecular weight is 322 g/mol. The fraction of sp³-hybridized carbons (Fsp3) is 0.533. The molecule has 2 heterocycles. The summed E-state index contributed by atoms with van der Waals surface area (Å²) in [5.41, 5.74) is 1.26. The van der Waals surface area contributed by atoms with Crippen molar-refractivity contribution < 1.29 is 0 Å². The molecule has 0 saturated carbocycles. The molecular weight excluding hydrogens is 302 g/mol. The van der Waals surface area contributed by atoms with E-state index >= 15 is 0 Å². The van der Waals surface area contributed by atoms with Crippen molar-refractivity contribution in [2.75, 3.05) is 13.1 Å². The molecule has 1 aromatic carbocycles. The van der Waals surface area contributed by atoms with E-state index in [0.717, 1.165) is 4.47 Å². The maximum atomic E-state index is 4.61. The second-order valence-electron chi connectivity index (χ2n) is 5.65. The summed E-state index contributed by atoms with van der Waals surface area (Å²) in [6, 6.07) is 7.62. The molecule has 19 heavy (non-hydrogen) atoms. The van der Waals surface area contributed by atoms with E-state index in [1.54, 1.807) is 0 Å². The highest BCUT2D eigenvalue weighted by Crippen LogP contribution is 2.28. The van der Waals surface area contributed by atoms with Crippen LogP contribution in [-0.4, -0.2) is 33.8 Å². The zero-order valence-corrected chi connectivity index (χ0v) is 13.1. The molecular formula is C15H20BrN3. The quantitative estimate of drug-likeness (QED) is 0.837. The number of benzene rings is 1. The lowest BCUT2D eigenvalue weighted by molar-refractivity contribution is 0.149. The number of fused-ring (bicyclic) bond motifs is 1. The molecule has 4 heteroatoms. The predicted molar refractivity (Wildman–Crippen MR) is 82.4 cm³/mol. The molecule has 0 spiro atoms. The third kappa shape index (κ3) is 2.56. The molecule has 0 bridgehead atoms. The van der Waals surface area contributed by atoms with Gasteiger partial charge in [-0.3, -0.25) is 4.68 Å². The van der Waals surface area contributed by atoms with Gasteiger partial charge in [0.1, 0.15) is 0 Å². The molecule has 102 valence electrons. The van der Waals surface area contributed by atoms with Crippen LogP contribution in [0.4, 0.5) is 0 Å². The summed E-state index contributed by atoms with van der Waals surface area (Å²) in [5, 5.41) is 5.83. The Labute approximate surface area is 122 Å². The van der Waals surface area contributed by atoms with Gasteiger partial charge in [-0.05, 0) is 44.9 Å². The van der Waals surface area contributed by atoms with Crippen LogP contribution in [0.3, 0.4) is 0 Å². The van der Waals surface area contributed by atoms with E-state index in [-0.39, 0.29) is 0 Å². The molecule has 0 amide bonds. The molecule has 3 rings (SSSR count). The molecule has 0 radical (unpaired) electrons. The Kier molecular flexibility index (Phi) is 3.63. The third-order valence-corrected chi connectivity index (χ3v) is 4.63. The Balaban J connectivity index is 1.82. The summed E-state index contributed by atoms with van der Waals surface area (Å²) in [4.78, 5) is 2.55. The van der Waals surface area contributed by atoms with Gasteiger partial charge in [-0.15, -0.1) is 0 Å². The Morgan fingerprint density at radius 2 is 2.00 bits per heavy atom. The van der Waals surface area contributed by atoms with E-state index in [4.69, 9.17) is 0 Å². The number of likely N-dealkylation sites (tertiary alicyclic amines) is 1. The predicted octanol–water partition coefficient (Wildman–Crippen LogP) is 3.84. The van der Waals surface area contributed by atoms with Gasteiger partial charge in [-0.25, -0.2) is 0 Å². The minimum Gasteiger partial charge on any atom is -0.301 e. The molecule has 1 saturated heterocycles. The number of halogens is 1. The van der Waals surface area contributed by atoms with Crippen LogP contribution < -0.4 is 0 Å². The lowest BCUT2D eigenvalue weighted by Crippen LogP contribution is -2.39. The Hall–Kier alpha value is -0.870.